The lowest BCUT2D eigenvalue weighted by molar-refractivity contribution is 0.211. The quantitative estimate of drug-likeness (QED) is 0.888. The number of aliphatic hydroxyl groups excluding tert-OH is 1. The Labute approximate surface area is 126 Å². The zero-order valence-electron chi connectivity index (χ0n) is 12.9. The lowest BCUT2D eigenvalue weighted by Gasteiger charge is -2.36. The van der Waals surface area contributed by atoms with Crippen molar-refractivity contribution in [2.75, 3.05) is 27.2 Å². The predicted molar refractivity (Wildman–Crippen MR) is 81.9 cm³/mol. The number of carbonyl (C=O) groups excluding carboxylic acids is 1. The van der Waals surface area contributed by atoms with Crippen LogP contribution in [0.2, 0.25) is 0 Å². The minimum absolute atomic E-state index is 0.0168. The van der Waals surface area contributed by atoms with E-state index in [9.17, 15) is 4.79 Å². The van der Waals surface area contributed by atoms with Gasteiger partial charge in [-0.3, -0.25) is 0 Å². The van der Waals surface area contributed by atoms with Crippen LogP contribution in [0.4, 0.5) is 4.79 Å². The first kappa shape index (κ1) is 17.0. The third-order valence-corrected chi connectivity index (χ3v) is 3.63. The van der Waals surface area contributed by atoms with Crippen LogP contribution in [0.3, 0.4) is 0 Å². The molecule has 1 atom stereocenters. The summed E-state index contributed by atoms with van der Waals surface area (Å²) in [5.74, 6) is 0. The van der Waals surface area contributed by atoms with Gasteiger partial charge in [0, 0.05) is 20.6 Å². The van der Waals surface area contributed by atoms with Gasteiger partial charge in [-0.2, -0.15) is 5.26 Å². The summed E-state index contributed by atoms with van der Waals surface area (Å²) in [6, 6.07) is 9.93. The number of amides is 2. The molecule has 114 valence electrons. The molecule has 0 bridgehead atoms. The minimum atomic E-state index is -0.601. The van der Waals surface area contributed by atoms with Crippen LogP contribution in [-0.2, 0) is 11.8 Å². The van der Waals surface area contributed by atoms with Crippen LogP contribution in [0, 0.1) is 11.3 Å². The average Bonchev–Trinajstić information content (AvgIpc) is 2.49. The molecule has 5 nitrogen and oxygen atoms in total. The van der Waals surface area contributed by atoms with Crippen LogP contribution >= 0.6 is 0 Å². The molecule has 0 saturated carbocycles. The van der Waals surface area contributed by atoms with E-state index in [4.69, 9.17) is 10.4 Å². The summed E-state index contributed by atoms with van der Waals surface area (Å²) in [7, 11) is 3.41. The van der Waals surface area contributed by atoms with E-state index in [0.29, 0.717) is 6.42 Å². The Morgan fingerprint density at radius 3 is 2.67 bits per heavy atom. The minimum Gasteiger partial charge on any atom is -0.394 e. The Hall–Kier alpha value is -2.06. The third kappa shape index (κ3) is 3.73. The fourth-order valence-corrected chi connectivity index (χ4v) is 2.36. The summed E-state index contributed by atoms with van der Waals surface area (Å²) in [5, 5.41) is 20.5. The largest absolute Gasteiger partial charge is 0.394 e. The Morgan fingerprint density at radius 1 is 1.52 bits per heavy atom. The lowest BCUT2D eigenvalue weighted by Crippen LogP contribution is -2.40. The SMILES string of the molecule is CCCN(C)C(=O)NC.N#CC1(CO)Cc2ccccc21. The number of nitrogens with zero attached hydrogens (tertiary/aromatic N) is 2. The maximum absolute atomic E-state index is 10.7. The molecule has 1 aliphatic rings. The van der Waals surface area contributed by atoms with Crippen LogP contribution in [0.5, 0.6) is 0 Å². The van der Waals surface area contributed by atoms with E-state index in [1.807, 2.05) is 31.2 Å². The first-order chi connectivity index (χ1) is 10.0. The number of nitriles is 1. The summed E-state index contributed by atoms with van der Waals surface area (Å²) >= 11 is 0. The maximum Gasteiger partial charge on any atom is 0.316 e. The van der Waals surface area contributed by atoms with Crippen molar-refractivity contribution in [3.8, 4) is 6.07 Å². The number of rotatable bonds is 3. The van der Waals surface area contributed by atoms with E-state index in [1.54, 1.807) is 19.0 Å². The van der Waals surface area contributed by atoms with Gasteiger partial charge in [0.2, 0.25) is 0 Å². The number of carbonyl (C=O) groups is 1. The van der Waals surface area contributed by atoms with Crippen molar-refractivity contribution in [1.29, 1.82) is 5.26 Å². The van der Waals surface area contributed by atoms with Crippen molar-refractivity contribution in [3.05, 3.63) is 35.4 Å². The molecule has 0 fully saturated rings. The van der Waals surface area contributed by atoms with E-state index < -0.39 is 5.41 Å². The number of urea groups is 1. The summed E-state index contributed by atoms with van der Waals surface area (Å²) in [6.45, 7) is 2.79. The fraction of sp³-hybridized carbons (Fsp3) is 0.500. The van der Waals surface area contributed by atoms with Crippen molar-refractivity contribution >= 4 is 6.03 Å². The van der Waals surface area contributed by atoms with Crippen molar-refractivity contribution in [3.63, 3.8) is 0 Å². The van der Waals surface area contributed by atoms with Gasteiger partial charge in [-0.25, -0.2) is 4.79 Å². The highest BCUT2D eigenvalue weighted by Crippen LogP contribution is 2.39. The number of fused-ring (bicyclic) bond motifs is 1. The summed E-state index contributed by atoms with van der Waals surface area (Å²) in [6.07, 6.45) is 1.69. The van der Waals surface area contributed by atoms with Gasteiger partial charge < -0.3 is 15.3 Å². The van der Waals surface area contributed by atoms with Crippen molar-refractivity contribution in [2.45, 2.75) is 25.2 Å². The summed E-state index contributed by atoms with van der Waals surface area (Å²) < 4.78 is 0. The van der Waals surface area contributed by atoms with Gasteiger partial charge in [0.1, 0.15) is 5.41 Å². The normalized spacial score (nSPS) is 18.2. The van der Waals surface area contributed by atoms with Gasteiger partial charge in [0.15, 0.2) is 0 Å². The monoisotopic (exact) mass is 289 g/mol. The molecule has 1 aromatic carbocycles. The molecule has 0 saturated heterocycles. The van der Waals surface area contributed by atoms with Crippen molar-refractivity contribution < 1.29 is 9.90 Å². The Balaban J connectivity index is 0.000000222. The highest BCUT2D eigenvalue weighted by molar-refractivity contribution is 5.73. The Bertz CT molecular complexity index is 524. The standard InChI is InChI=1S/C10H9NO.C6H14N2O/c11-6-10(7-12)5-8-3-1-2-4-9(8)10;1-4-5-8(3)6(9)7-2/h1-4,12H,5,7H2;4-5H2,1-3H3,(H,7,9). The molecule has 0 aliphatic heterocycles. The van der Waals surface area contributed by atoms with E-state index in [2.05, 4.69) is 11.4 Å². The molecule has 0 heterocycles. The smallest absolute Gasteiger partial charge is 0.316 e. The lowest BCUT2D eigenvalue weighted by atomic mass is 9.65. The number of hydrogen-bond donors (Lipinski definition) is 2. The maximum atomic E-state index is 10.7. The van der Waals surface area contributed by atoms with E-state index in [1.165, 1.54) is 5.56 Å². The molecular weight excluding hydrogens is 266 g/mol. The van der Waals surface area contributed by atoms with Crippen LogP contribution in [0.25, 0.3) is 0 Å². The van der Waals surface area contributed by atoms with Gasteiger partial charge in [0.05, 0.1) is 12.7 Å². The van der Waals surface area contributed by atoms with Gasteiger partial charge in [0.25, 0.3) is 0 Å². The molecule has 1 unspecified atom stereocenters. The van der Waals surface area contributed by atoms with E-state index in [0.717, 1.165) is 18.5 Å². The Morgan fingerprint density at radius 2 is 2.19 bits per heavy atom. The van der Waals surface area contributed by atoms with Gasteiger partial charge >= 0.3 is 6.03 Å². The van der Waals surface area contributed by atoms with Crippen LogP contribution in [0.15, 0.2) is 24.3 Å². The second kappa shape index (κ2) is 7.65. The van der Waals surface area contributed by atoms with Crippen LogP contribution < -0.4 is 5.32 Å². The molecule has 0 radical (unpaired) electrons. The fourth-order valence-electron chi connectivity index (χ4n) is 2.36. The van der Waals surface area contributed by atoms with Crippen LogP contribution in [0.1, 0.15) is 24.5 Å². The van der Waals surface area contributed by atoms with Gasteiger partial charge in [-0.1, -0.05) is 31.2 Å². The van der Waals surface area contributed by atoms with Gasteiger partial charge in [-0.05, 0) is 24.0 Å². The number of nitrogens with one attached hydrogen (secondary N) is 1. The highest BCUT2D eigenvalue weighted by atomic mass is 16.3. The predicted octanol–water partition coefficient (Wildman–Crippen LogP) is 1.66. The molecule has 2 rings (SSSR count). The van der Waals surface area contributed by atoms with Crippen LogP contribution in [-0.4, -0.2) is 43.3 Å². The molecule has 1 aromatic rings. The molecule has 1 aliphatic carbocycles. The van der Waals surface area contributed by atoms with E-state index in [-0.39, 0.29) is 12.6 Å². The first-order valence-corrected chi connectivity index (χ1v) is 7.08. The highest BCUT2D eigenvalue weighted by Gasteiger charge is 2.42. The number of benzene rings is 1. The second-order valence-electron chi connectivity index (χ2n) is 5.16. The number of aliphatic hydroxyl groups is 1. The second-order valence-corrected chi connectivity index (χ2v) is 5.16. The average molecular weight is 289 g/mol. The zero-order valence-corrected chi connectivity index (χ0v) is 12.9. The third-order valence-electron chi connectivity index (χ3n) is 3.63. The Kier molecular flexibility index (Phi) is 6.19. The molecule has 0 aromatic heterocycles. The summed E-state index contributed by atoms with van der Waals surface area (Å²) in [4.78, 5) is 12.4. The molecule has 2 N–H and O–H groups in total. The number of hydrogen-bond acceptors (Lipinski definition) is 3. The molecular formula is C16H23N3O2. The van der Waals surface area contributed by atoms with Crippen molar-refractivity contribution in [2.24, 2.45) is 0 Å². The topological polar surface area (TPSA) is 76.4 Å². The summed E-state index contributed by atoms with van der Waals surface area (Å²) in [5.41, 5.74) is 1.58. The van der Waals surface area contributed by atoms with Gasteiger partial charge in [-0.15, -0.1) is 0 Å². The first-order valence-electron chi connectivity index (χ1n) is 7.08. The van der Waals surface area contributed by atoms with Crippen molar-refractivity contribution in [1.82, 2.24) is 10.2 Å². The molecule has 0 spiro atoms. The molecule has 2 amide bonds. The van der Waals surface area contributed by atoms with E-state index >= 15 is 0 Å². The zero-order chi connectivity index (χ0) is 15.9. The molecule has 21 heavy (non-hydrogen) atoms. The molecule has 5 heteroatoms.